The summed E-state index contributed by atoms with van der Waals surface area (Å²) >= 11 is 1.65. The van der Waals surface area contributed by atoms with Crippen LogP contribution >= 0.6 is 11.3 Å². The molecule has 4 nitrogen and oxygen atoms in total. The fourth-order valence-electron chi connectivity index (χ4n) is 1.90. The first-order valence-electron chi connectivity index (χ1n) is 5.35. The quantitative estimate of drug-likeness (QED) is 0.882. The minimum atomic E-state index is -0.569. The third kappa shape index (κ3) is 1.49. The Kier molecular flexibility index (Phi) is 2.28. The molecule has 0 spiro atoms. The number of nitrogens with one attached hydrogen (secondary N) is 1. The summed E-state index contributed by atoms with van der Waals surface area (Å²) in [4.78, 5) is 8.91. The molecular weight excluding hydrogens is 234 g/mol. The number of aromatic nitrogens is 2. The summed E-state index contributed by atoms with van der Waals surface area (Å²) in [5, 5.41) is 11.3. The van der Waals surface area contributed by atoms with Crippen LogP contribution in [0.25, 0.3) is 10.6 Å². The van der Waals surface area contributed by atoms with Crippen molar-refractivity contribution in [3.63, 3.8) is 0 Å². The van der Waals surface area contributed by atoms with Crippen molar-refractivity contribution in [3.05, 3.63) is 29.0 Å². The van der Waals surface area contributed by atoms with Crippen molar-refractivity contribution in [1.82, 2.24) is 9.97 Å². The van der Waals surface area contributed by atoms with Gasteiger partial charge in [0.15, 0.2) is 5.41 Å². The minimum absolute atomic E-state index is 0.431. The lowest BCUT2D eigenvalue weighted by Crippen LogP contribution is -2.46. The Bertz CT molecular complexity index is 575. The van der Waals surface area contributed by atoms with Crippen molar-refractivity contribution in [3.8, 4) is 16.6 Å². The predicted octanol–water partition coefficient (Wildman–Crippen LogP) is 2.24. The van der Waals surface area contributed by atoms with Crippen molar-refractivity contribution in [2.45, 2.75) is 12.3 Å². The topological polar surface area (TPSA) is 61.7 Å². The third-order valence-corrected chi connectivity index (χ3v) is 3.88. The summed E-state index contributed by atoms with van der Waals surface area (Å²) in [6.07, 6.45) is 0. The van der Waals surface area contributed by atoms with Gasteiger partial charge in [-0.3, -0.25) is 0 Å². The van der Waals surface area contributed by atoms with Gasteiger partial charge in [-0.05, 0) is 18.4 Å². The molecule has 5 heteroatoms. The van der Waals surface area contributed by atoms with Crippen LogP contribution in [0, 0.1) is 18.3 Å². The van der Waals surface area contributed by atoms with Gasteiger partial charge in [-0.15, -0.1) is 11.3 Å². The molecule has 2 aromatic heterocycles. The van der Waals surface area contributed by atoms with Crippen LogP contribution in [0.2, 0.25) is 0 Å². The van der Waals surface area contributed by atoms with Gasteiger partial charge in [0.05, 0.1) is 24.2 Å². The molecule has 0 aliphatic carbocycles. The van der Waals surface area contributed by atoms with E-state index in [0.29, 0.717) is 13.2 Å². The van der Waals surface area contributed by atoms with Crippen LogP contribution in [-0.2, 0) is 10.2 Å². The van der Waals surface area contributed by atoms with E-state index in [4.69, 9.17) is 4.74 Å². The zero-order valence-corrected chi connectivity index (χ0v) is 10.2. The van der Waals surface area contributed by atoms with E-state index in [0.717, 1.165) is 22.1 Å². The average molecular weight is 245 g/mol. The van der Waals surface area contributed by atoms with Crippen LogP contribution in [0.4, 0.5) is 0 Å². The predicted molar refractivity (Wildman–Crippen MR) is 64.7 cm³/mol. The van der Waals surface area contributed by atoms with E-state index in [-0.39, 0.29) is 0 Å². The standard InChI is InChI=1S/C12H11N3OS/c1-8-10(9-3-2-4-17-9)15-11(14-8)12(5-13)6-16-7-12/h2-4H,6-7H2,1H3,(H,14,15). The molecule has 0 unspecified atom stereocenters. The number of hydrogen-bond donors (Lipinski definition) is 1. The van der Waals surface area contributed by atoms with Gasteiger partial charge < -0.3 is 9.72 Å². The fourth-order valence-corrected chi connectivity index (χ4v) is 2.67. The maximum Gasteiger partial charge on any atom is 0.161 e. The molecule has 1 fully saturated rings. The first kappa shape index (κ1) is 10.5. The monoisotopic (exact) mass is 245 g/mol. The SMILES string of the molecule is Cc1[nH]c(C2(C#N)COC2)nc1-c1cccs1. The number of imidazole rings is 1. The maximum absolute atomic E-state index is 9.23. The second-order valence-electron chi connectivity index (χ2n) is 4.22. The zero-order valence-electron chi connectivity index (χ0n) is 9.36. The van der Waals surface area contributed by atoms with E-state index in [1.54, 1.807) is 11.3 Å². The Hall–Kier alpha value is -1.64. The number of ether oxygens (including phenoxy) is 1. The number of aryl methyl sites for hydroxylation is 1. The molecule has 0 saturated carbocycles. The molecule has 3 heterocycles. The second-order valence-corrected chi connectivity index (χ2v) is 5.17. The second kappa shape index (κ2) is 3.69. The van der Waals surface area contributed by atoms with Gasteiger partial charge in [-0.1, -0.05) is 6.07 Å². The zero-order chi connectivity index (χ0) is 11.9. The summed E-state index contributed by atoms with van der Waals surface area (Å²) < 4.78 is 5.14. The highest BCUT2D eigenvalue weighted by Crippen LogP contribution is 2.33. The number of thiophene rings is 1. The van der Waals surface area contributed by atoms with Crippen molar-refractivity contribution in [2.75, 3.05) is 13.2 Å². The third-order valence-electron chi connectivity index (χ3n) is 3.00. The van der Waals surface area contributed by atoms with Crippen LogP contribution in [0.15, 0.2) is 17.5 Å². The van der Waals surface area contributed by atoms with Crippen molar-refractivity contribution in [2.24, 2.45) is 0 Å². The molecule has 1 N–H and O–H groups in total. The molecule has 2 aromatic rings. The van der Waals surface area contributed by atoms with Crippen LogP contribution in [-0.4, -0.2) is 23.2 Å². The van der Waals surface area contributed by atoms with Crippen molar-refractivity contribution in [1.29, 1.82) is 5.26 Å². The minimum Gasteiger partial charge on any atom is -0.377 e. The van der Waals surface area contributed by atoms with Gasteiger partial charge in [0.2, 0.25) is 0 Å². The molecule has 3 rings (SSSR count). The van der Waals surface area contributed by atoms with Gasteiger partial charge in [0.25, 0.3) is 0 Å². The highest BCUT2D eigenvalue weighted by Gasteiger charge is 2.44. The van der Waals surface area contributed by atoms with E-state index in [2.05, 4.69) is 16.0 Å². The van der Waals surface area contributed by atoms with Crippen LogP contribution in [0.1, 0.15) is 11.5 Å². The number of H-pyrrole nitrogens is 1. The van der Waals surface area contributed by atoms with Crippen LogP contribution in [0.3, 0.4) is 0 Å². The summed E-state index contributed by atoms with van der Waals surface area (Å²) in [5.41, 5.74) is 1.38. The fraction of sp³-hybridized carbons (Fsp3) is 0.333. The molecule has 86 valence electrons. The van der Waals surface area contributed by atoms with Gasteiger partial charge in [-0.2, -0.15) is 5.26 Å². The van der Waals surface area contributed by atoms with Crippen LogP contribution < -0.4 is 0 Å². The lowest BCUT2D eigenvalue weighted by molar-refractivity contribution is -0.0335. The largest absolute Gasteiger partial charge is 0.377 e. The van der Waals surface area contributed by atoms with Gasteiger partial charge >= 0.3 is 0 Å². The smallest absolute Gasteiger partial charge is 0.161 e. The molecule has 1 aliphatic heterocycles. The Morgan fingerprint density at radius 3 is 2.94 bits per heavy atom. The van der Waals surface area contributed by atoms with E-state index in [1.165, 1.54) is 0 Å². The van der Waals surface area contributed by atoms with Gasteiger partial charge in [-0.25, -0.2) is 4.98 Å². The molecule has 1 aliphatic rings. The molecule has 0 bridgehead atoms. The summed E-state index contributed by atoms with van der Waals surface area (Å²) in [7, 11) is 0. The summed E-state index contributed by atoms with van der Waals surface area (Å²) in [6.45, 7) is 2.84. The summed E-state index contributed by atoms with van der Waals surface area (Å²) in [6, 6.07) is 6.34. The lowest BCUT2D eigenvalue weighted by Gasteiger charge is -2.32. The molecule has 0 radical (unpaired) electrons. The number of aromatic amines is 1. The van der Waals surface area contributed by atoms with Crippen molar-refractivity contribution < 1.29 is 4.74 Å². The highest BCUT2D eigenvalue weighted by atomic mass is 32.1. The number of rotatable bonds is 2. The average Bonchev–Trinajstić information content (AvgIpc) is 2.86. The molecule has 1 saturated heterocycles. The normalized spacial score (nSPS) is 17.4. The van der Waals surface area contributed by atoms with Crippen molar-refractivity contribution >= 4 is 11.3 Å². The van der Waals surface area contributed by atoms with Gasteiger partial charge in [0, 0.05) is 5.69 Å². The number of nitrogens with zero attached hydrogens (tertiary/aromatic N) is 2. The highest BCUT2D eigenvalue weighted by molar-refractivity contribution is 7.13. The molecular formula is C12H11N3OS. The number of hydrogen-bond acceptors (Lipinski definition) is 4. The molecule has 0 amide bonds. The molecule has 17 heavy (non-hydrogen) atoms. The Morgan fingerprint density at radius 2 is 2.41 bits per heavy atom. The van der Waals surface area contributed by atoms with E-state index < -0.39 is 5.41 Å². The van der Waals surface area contributed by atoms with E-state index in [9.17, 15) is 5.26 Å². The Morgan fingerprint density at radius 1 is 1.59 bits per heavy atom. The van der Waals surface area contributed by atoms with Crippen LogP contribution in [0.5, 0.6) is 0 Å². The summed E-state index contributed by atoms with van der Waals surface area (Å²) in [5.74, 6) is 0.729. The van der Waals surface area contributed by atoms with E-state index >= 15 is 0 Å². The first-order valence-corrected chi connectivity index (χ1v) is 6.23. The van der Waals surface area contributed by atoms with Gasteiger partial charge in [0.1, 0.15) is 11.5 Å². The van der Waals surface area contributed by atoms with E-state index in [1.807, 2.05) is 24.4 Å². The molecule has 0 atom stereocenters. The maximum atomic E-state index is 9.23. The lowest BCUT2D eigenvalue weighted by atomic mass is 9.87. The first-order chi connectivity index (χ1) is 8.25. The Balaban J connectivity index is 2.05. The number of nitriles is 1. The Labute approximate surface area is 103 Å². The molecule has 0 aromatic carbocycles.